The molecular formula is C11H11ClO2. The standard InChI is InChI=1S/C11H11ClO2/c1-14-10(13)11(12)7-9(11)8-5-3-2-4-6-8/h2-6,9H,7H2,1H3/t9-,11+/m1/s1. The fourth-order valence-electron chi connectivity index (χ4n) is 1.70. The van der Waals surface area contributed by atoms with E-state index in [1.165, 1.54) is 7.11 Å². The van der Waals surface area contributed by atoms with Gasteiger partial charge in [0.05, 0.1) is 7.11 Å². The highest BCUT2D eigenvalue weighted by molar-refractivity contribution is 6.37. The summed E-state index contributed by atoms with van der Waals surface area (Å²) in [4.78, 5) is 10.5. The Bertz CT molecular complexity index is 350. The van der Waals surface area contributed by atoms with Crippen LogP contribution in [0.15, 0.2) is 30.3 Å². The number of carbonyl (C=O) groups is 1. The van der Waals surface area contributed by atoms with Gasteiger partial charge in [0, 0.05) is 5.92 Å². The summed E-state index contributed by atoms with van der Waals surface area (Å²) >= 11 is 6.12. The van der Waals surface area contributed by atoms with Crippen LogP contribution in [0.2, 0.25) is 0 Å². The molecule has 1 aliphatic carbocycles. The Labute approximate surface area is 87.8 Å². The maximum Gasteiger partial charge on any atom is 0.327 e. The quantitative estimate of drug-likeness (QED) is 0.553. The summed E-state index contributed by atoms with van der Waals surface area (Å²) in [5.74, 6) is -0.217. The summed E-state index contributed by atoms with van der Waals surface area (Å²) in [5, 5.41) is 0. The van der Waals surface area contributed by atoms with E-state index in [0.29, 0.717) is 6.42 Å². The molecule has 1 aromatic carbocycles. The largest absolute Gasteiger partial charge is 0.468 e. The van der Waals surface area contributed by atoms with Gasteiger partial charge >= 0.3 is 5.97 Å². The summed E-state index contributed by atoms with van der Waals surface area (Å²) in [6.07, 6.45) is 0.672. The fourth-order valence-corrected chi connectivity index (χ4v) is 2.06. The minimum Gasteiger partial charge on any atom is -0.468 e. The zero-order chi connectivity index (χ0) is 10.2. The van der Waals surface area contributed by atoms with E-state index >= 15 is 0 Å². The van der Waals surface area contributed by atoms with Crippen LogP contribution >= 0.6 is 11.6 Å². The molecule has 1 saturated carbocycles. The molecule has 2 rings (SSSR count). The molecule has 0 bridgehead atoms. The molecular weight excluding hydrogens is 200 g/mol. The lowest BCUT2D eigenvalue weighted by Crippen LogP contribution is -2.19. The lowest BCUT2D eigenvalue weighted by atomic mass is 10.1. The Kier molecular flexibility index (Phi) is 2.23. The second-order valence-corrected chi connectivity index (χ2v) is 4.20. The van der Waals surface area contributed by atoms with Gasteiger partial charge < -0.3 is 4.74 Å². The fraction of sp³-hybridized carbons (Fsp3) is 0.364. The Balaban J connectivity index is 2.16. The van der Waals surface area contributed by atoms with Gasteiger partial charge in [-0.15, -0.1) is 11.6 Å². The first-order valence-electron chi connectivity index (χ1n) is 4.51. The Hall–Kier alpha value is -1.02. The molecule has 1 aromatic rings. The van der Waals surface area contributed by atoms with Crippen LogP contribution in [0.5, 0.6) is 0 Å². The second-order valence-electron chi connectivity index (χ2n) is 3.52. The van der Waals surface area contributed by atoms with Gasteiger partial charge in [0.2, 0.25) is 0 Å². The van der Waals surface area contributed by atoms with Crippen molar-refractivity contribution in [3.05, 3.63) is 35.9 Å². The van der Waals surface area contributed by atoms with Crippen LogP contribution in [0.25, 0.3) is 0 Å². The number of methoxy groups -OCH3 is 1. The molecule has 2 nitrogen and oxygen atoms in total. The summed E-state index contributed by atoms with van der Waals surface area (Å²) < 4.78 is 4.66. The average Bonchev–Trinajstić information content (AvgIpc) is 2.92. The van der Waals surface area contributed by atoms with Crippen molar-refractivity contribution < 1.29 is 9.53 Å². The number of ether oxygens (including phenoxy) is 1. The smallest absolute Gasteiger partial charge is 0.327 e. The van der Waals surface area contributed by atoms with Crippen LogP contribution < -0.4 is 0 Å². The number of benzene rings is 1. The molecule has 0 unspecified atom stereocenters. The van der Waals surface area contributed by atoms with E-state index in [1.807, 2.05) is 30.3 Å². The van der Waals surface area contributed by atoms with Crippen LogP contribution in [0.1, 0.15) is 17.9 Å². The third kappa shape index (κ3) is 1.40. The number of halogens is 1. The Morgan fingerprint density at radius 1 is 1.50 bits per heavy atom. The molecule has 0 aromatic heterocycles. The van der Waals surface area contributed by atoms with Gasteiger partial charge in [0.25, 0.3) is 0 Å². The minimum atomic E-state index is -0.809. The molecule has 1 aliphatic rings. The highest BCUT2D eigenvalue weighted by atomic mass is 35.5. The zero-order valence-electron chi connectivity index (χ0n) is 7.87. The maximum absolute atomic E-state index is 11.3. The summed E-state index contributed by atoms with van der Waals surface area (Å²) in [6, 6.07) is 9.81. The minimum absolute atomic E-state index is 0.109. The molecule has 0 radical (unpaired) electrons. The Morgan fingerprint density at radius 2 is 2.14 bits per heavy atom. The van der Waals surface area contributed by atoms with Crippen molar-refractivity contribution in [3.63, 3.8) is 0 Å². The van der Waals surface area contributed by atoms with E-state index < -0.39 is 4.87 Å². The van der Waals surface area contributed by atoms with Crippen molar-refractivity contribution in [1.82, 2.24) is 0 Å². The average molecular weight is 211 g/mol. The van der Waals surface area contributed by atoms with Gasteiger partial charge in [-0.1, -0.05) is 30.3 Å². The number of rotatable bonds is 2. The van der Waals surface area contributed by atoms with Crippen molar-refractivity contribution in [1.29, 1.82) is 0 Å². The number of esters is 1. The van der Waals surface area contributed by atoms with E-state index in [2.05, 4.69) is 4.74 Å². The topological polar surface area (TPSA) is 26.3 Å². The molecule has 3 heteroatoms. The maximum atomic E-state index is 11.3. The predicted molar refractivity (Wildman–Crippen MR) is 54.4 cm³/mol. The summed E-state index contributed by atoms with van der Waals surface area (Å²) in [6.45, 7) is 0. The first-order chi connectivity index (χ1) is 6.68. The second kappa shape index (κ2) is 3.28. The van der Waals surface area contributed by atoms with Crippen molar-refractivity contribution >= 4 is 17.6 Å². The van der Waals surface area contributed by atoms with Crippen molar-refractivity contribution in [2.24, 2.45) is 0 Å². The predicted octanol–water partition coefficient (Wildman–Crippen LogP) is 2.32. The first-order valence-corrected chi connectivity index (χ1v) is 4.88. The third-order valence-corrected chi connectivity index (χ3v) is 3.19. The molecule has 1 fully saturated rings. The van der Waals surface area contributed by atoms with Crippen molar-refractivity contribution in [2.45, 2.75) is 17.2 Å². The molecule has 0 spiro atoms. The van der Waals surface area contributed by atoms with Gasteiger partial charge in [-0.05, 0) is 12.0 Å². The van der Waals surface area contributed by atoms with Crippen LogP contribution in [-0.4, -0.2) is 18.0 Å². The van der Waals surface area contributed by atoms with Crippen LogP contribution in [-0.2, 0) is 9.53 Å². The summed E-state index contributed by atoms with van der Waals surface area (Å²) in [5.41, 5.74) is 1.10. The third-order valence-electron chi connectivity index (χ3n) is 2.62. The van der Waals surface area contributed by atoms with Gasteiger partial charge in [-0.2, -0.15) is 0 Å². The zero-order valence-corrected chi connectivity index (χ0v) is 8.62. The van der Waals surface area contributed by atoms with Crippen molar-refractivity contribution in [3.8, 4) is 0 Å². The van der Waals surface area contributed by atoms with Crippen LogP contribution in [0.4, 0.5) is 0 Å². The van der Waals surface area contributed by atoms with E-state index in [1.54, 1.807) is 0 Å². The number of hydrogen-bond donors (Lipinski definition) is 0. The number of alkyl halides is 1. The van der Waals surface area contributed by atoms with Gasteiger partial charge in [-0.3, -0.25) is 4.79 Å². The molecule has 74 valence electrons. The van der Waals surface area contributed by atoms with E-state index in [4.69, 9.17) is 11.6 Å². The number of hydrogen-bond acceptors (Lipinski definition) is 2. The lowest BCUT2D eigenvalue weighted by Gasteiger charge is -2.05. The number of carbonyl (C=O) groups excluding carboxylic acids is 1. The van der Waals surface area contributed by atoms with E-state index in [-0.39, 0.29) is 11.9 Å². The van der Waals surface area contributed by atoms with Crippen molar-refractivity contribution in [2.75, 3.05) is 7.11 Å². The van der Waals surface area contributed by atoms with Crippen LogP contribution in [0, 0.1) is 0 Å². The molecule has 0 heterocycles. The molecule has 0 N–H and O–H groups in total. The molecule has 0 amide bonds. The van der Waals surface area contributed by atoms with Gasteiger partial charge in [0.15, 0.2) is 0 Å². The van der Waals surface area contributed by atoms with Gasteiger partial charge in [0.1, 0.15) is 4.87 Å². The SMILES string of the molecule is COC(=O)[C@]1(Cl)C[C@@H]1c1ccccc1. The molecule has 0 saturated heterocycles. The molecule has 14 heavy (non-hydrogen) atoms. The van der Waals surface area contributed by atoms with Gasteiger partial charge in [-0.25, -0.2) is 0 Å². The lowest BCUT2D eigenvalue weighted by molar-refractivity contribution is -0.141. The molecule has 0 aliphatic heterocycles. The highest BCUT2D eigenvalue weighted by Gasteiger charge is 2.60. The normalized spacial score (nSPS) is 29.7. The van der Waals surface area contributed by atoms with E-state index in [9.17, 15) is 4.79 Å². The molecule has 2 atom stereocenters. The van der Waals surface area contributed by atoms with Crippen LogP contribution in [0.3, 0.4) is 0 Å². The summed E-state index contributed by atoms with van der Waals surface area (Å²) in [7, 11) is 1.37. The monoisotopic (exact) mass is 210 g/mol. The Morgan fingerprint density at radius 3 is 2.71 bits per heavy atom. The first kappa shape index (κ1) is 9.53. The van der Waals surface area contributed by atoms with E-state index in [0.717, 1.165) is 5.56 Å². The highest BCUT2D eigenvalue weighted by Crippen LogP contribution is 2.57.